The van der Waals surface area contributed by atoms with Gasteiger partial charge in [0.2, 0.25) is 5.91 Å². The Labute approximate surface area is 125 Å². The van der Waals surface area contributed by atoms with Crippen molar-refractivity contribution >= 4 is 11.8 Å². The number of nitrogens with two attached hydrogens (primary N) is 1. The molecule has 0 heterocycles. The zero-order valence-electron chi connectivity index (χ0n) is 12.6. The summed E-state index contributed by atoms with van der Waals surface area (Å²) in [6, 6.07) is 7.23. The van der Waals surface area contributed by atoms with Crippen LogP contribution < -0.4 is 15.8 Å². The predicted octanol–water partition coefficient (Wildman–Crippen LogP) is 0.509. The Kier molecular flexibility index (Phi) is 7.25. The monoisotopic (exact) mass is 293 g/mol. The molecule has 6 nitrogen and oxygen atoms in total. The van der Waals surface area contributed by atoms with E-state index in [9.17, 15) is 9.59 Å². The summed E-state index contributed by atoms with van der Waals surface area (Å²) in [4.78, 5) is 24.7. The van der Waals surface area contributed by atoms with Crippen LogP contribution in [-0.2, 0) is 16.1 Å². The van der Waals surface area contributed by atoms with Gasteiger partial charge in [-0.05, 0) is 24.1 Å². The first-order valence-corrected chi connectivity index (χ1v) is 6.99. The molecule has 0 aliphatic heterocycles. The summed E-state index contributed by atoms with van der Waals surface area (Å²) < 4.78 is 5.39. The molecule has 1 aromatic rings. The molecule has 0 aliphatic rings. The van der Waals surface area contributed by atoms with Gasteiger partial charge in [-0.1, -0.05) is 19.1 Å². The van der Waals surface area contributed by atoms with Crippen molar-refractivity contribution < 1.29 is 14.3 Å². The minimum absolute atomic E-state index is 0.0360. The number of nitrogens with one attached hydrogen (secondary N) is 1. The molecule has 3 N–H and O–H groups in total. The molecule has 0 saturated carbocycles. The molecule has 0 saturated heterocycles. The van der Waals surface area contributed by atoms with Crippen LogP contribution in [0.1, 0.15) is 18.9 Å². The summed E-state index contributed by atoms with van der Waals surface area (Å²) in [6.07, 6.45) is 0.866. The fraction of sp³-hybridized carbons (Fsp3) is 0.467. The fourth-order valence-corrected chi connectivity index (χ4v) is 1.60. The zero-order valence-corrected chi connectivity index (χ0v) is 12.6. The summed E-state index contributed by atoms with van der Waals surface area (Å²) in [6.45, 7) is 2.99. The van der Waals surface area contributed by atoms with Crippen LogP contribution in [0.2, 0.25) is 0 Å². The maximum absolute atomic E-state index is 11.8. The second kappa shape index (κ2) is 8.97. The van der Waals surface area contributed by atoms with E-state index in [2.05, 4.69) is 5.32 Å². The van der Waals surface area contributed by atoms with Crippen LogP contribution in [0.3, 0.4) is 0 Å². The van der Waals surface area contributed by atoms with E-state index in [1.54, 1.807) is 19.2 Å². The highest BCUT2D eigenvalue weighted by Gasteiger charge is 2.13. The normalized spacial score (nSPS) is 10.0. The SMILES string of the molecule is CCCNC(=O)CN(C)C(=O)COc1ccc(CN)cc1. The molecule has 0 spiro atoms. The third-order valence-corrected chi connectivity index (χ3v) is 2.90. The second-order valence-electron chi connectivity index (χ2n) is 4.74. The third kappa shape index (κ3) is 6.27. The number of benzene rings is 1. The van der Waals surface area contributed by atoms with Crippen LogP contribution >= 0.6 is 0 Å². The van der Waals surface area contributed by atoms with E-state index in [0.717, 1.165) is 12.0 Å². The lowest BCUT2D eigenvalue weighted by molar-refractivity contribution is -0.136. The average molecular weight is 293 g/mol. The lowest BCUT2D eigenvalue weighted by Gasteiger charge is -2.17. The molecular weight excluding hydrogens is 270 g/mol. The number of rotatable bonds is 8. The zero-order chi connectivity index (χ0) is 15.7. The first-order valence-electron chi connectivity index (χ1n) is 6.99. The summed E-state index contributed by atoms with van der Waals surface area (Å²) in [5.41, 5.74) is 6.50. The number of carbonyl (C=O) groups excluding carboxylic acids is 2. The molecule has 1 rings (SSSR count). The van der Waals surface area contributed by atoms with E-state index in [0.29, 0.717) is 18.8 Å². The van der Waals surface area contributed by atoms with Crippen molar-refractivity contribution in [3.8, 4) is 5.75 Å². The summed E-state index contributed by atoms with van der Waals surface area (Å²) in [7, 11) is 1.58. The smallest absolute Gasteiger partial charge is 0.260 e. The van der Waals surface area contributed by atoms with Crippen molar-refractivity contribution in [2.45, 2.75) is 19.9 Å². The van der Waals surface area contributed by atoms with Gasteiger partial charge in [0.1, 0.15) is 5.75 Å². The van der Waals surface area contributed by atoms with Gasteiger partial charge in [0.25, 0.3) is 5.91 Å². The first kappa shape index (κ1) is 17.0. The fourth-order valence-electron chi connectivity index (χ4n) is 1.60. The first-order chi connectivity index (χ1) is 10.1. The summed E-state index contributed by atoms with van der Waals surface area (Å²) in [5.74, 6) is 0.189. The quantitative estimate of drug-likeness (QED) is 0.731. The van der Waals surface area contributed by atoms with Crippen LogP contribution in [-0.4, -0.2) is 43.5 Å². The lowest BCUT2D eigenvalue weighted by atomic mass is 10.2. The van der Waals surface area contributed by atoms with Crippen molar-refractivity contribution in [1.82, 2.24) is 10.2 Å². The van der Waals surface area contributed by atoms with Gasteiger partial charge in [-0.3, -0.25) is 9.59 Å². The highest BCUT2D eigenvalue weighted by Crippen LogP contribution is 2.11. The van der Waals surface area contributed by atoms with Gasteiger partial charge in [0.15, 0.2) is 6.61 Å². The Morgan fingerprint density at radius 3 is 2.52 bits per heavy atom. The molecule has 0 bridgehead atoms. The predicted molar refractivity (Wildman–Crippen MR) is 80.8 cm³/mol. The van der Waals surface area contributed by atoms with Crippen LogP contribution in [0.5, 0.6) is 5.75 Å². The standard InChI is InChI=1S/C15H23N3O3/c1-3-8-17-14(19)10-18(2)15(20)11-21-13-6-4-12(9-16)5-7-13/h4-7H,3,8-11,16H2,1-2H3,(H,17,19). The lowest BCUT2D eigenvalue weighted by Crippen LogP contribution is -2.40. The van der Waals surface area contributed by atoms with Gasteiger partial charge in [-0.2, -0.15) is 0 Å². The topological polar surface area (TPSA) is 84.7 Å². The Hall–Kier alpha value is -2.08. The number of hydrogen-bond donors (Lipinski definition) is 2. The molecular formula is C15H23N3O3. The van der Waals surface area contributed by atoms with Crippen molar-refractivity contribution in [3.05, 3.63) is 29.8 Å². The van der Waals surface area contributed by atoms with E-state index >= 15 is 0 Å². The Morgan fingerprint density at radius 1 is 1.29 bits per heavy atom. The maximum atomic E-state index is 11.8. The molecule has 1 aromatic carbocycles. The number of amides is 2. The third-order valence-electron chi connectivity index (χ3n) is 2.90. The number of nitrogens with zero attached hydrogens (tertiary/aromatic N) is 1. The van der Waals surface area contributed by atoms with Crippen molar-refractivity contribution in [2.24, 2.45) is 5.73 Å². The van der Waals surface area contributed by atoms with E-state index in [1.165, 1.54) is 4.90 Å². The molecule has 21 heavy (non-hydrogen) atoms. The highest BCUT2D eigenvalue weighted by molar-refractivity contribution is 5.85. The van der Waals surface area contributed by atoms with Gasteiger partial charge in [-0.25, -0.2) is 0 Å². The van der Waals surface area contributed by atoms with Gasteiger partial charge in [0, 0.05) is 20.1 Å². The molecule has 0 fully saturated rings. The molecule has 0 atom stereocenters. The van der Waals surface area contributed by atoms with Gasteiger partial charge in [-0.15, -0.1) is 0 Å². The summed E-state index contributed by atoms with van der Waals surface area (Å²) >= 11 is 0. The summed E-state index contributed by atoms with van der Waals surface area (Å²) in [5, 5.41) is 2.72. The van der Waals surface area contributed by atoms with Gasteiger partial charge in [0.05, 0.1) is 6.54 Å². The molecule has 116 valence electrons. The molecule has 0 aromatic heterocycles. The van der Waals surface area contributed by atoms with Crippen molar-refractivity contribution in [2.75, 3.05) is 26.7 Å². The van der Waals surface area contributed by atoms with Crippen LogP contribution in [0, 0.1) is 0 Å². The van der Waals surface area contributed by atoms with Crippen LogP contribution in [0.15, 0.2) is 24.3 Å². The number of hydrogen-bond acceptors (Lipinski definition) is 4. The largest absolute Gasteiger partial charge is 0.484 e. The van der Waals surface area contributed by atoms with E-state index < -0.39 is 0 Å². The number of carbonyl (C=O) groups is 2. The van der Waals surface area contributed by atoms with Gasteiger partial charge >= 0.3 is 0 Å². The van der Waals surface area contributed by atoms with E-state index in [1.807, 2.05) is 19.1 Å². The molecule has 0 unspecified atom stereocenters. The minimum Gasteiger partial charge on any atom is -0.484 e. The van der Waals surface area contributed by atoms with Crippen molar-refractivity contribution in [3.63, 3.8) is 0 Å². The second-order valence-corrected chi connectivity index (χ2v) is 4.74. The number of ether oxygens (including phenoxy) is 1. The molecule has 2 amide bonds. The van der Waals surface area contributed by atoms with E-state index in [-0.39, 0.29) is 25.0 Å². The van der Waals surface area contributed by atoms with Crippen molar-refractivity contribution in [1.29, 1.82) is 0 Å². The Balaban J connectivity index is 2.36. The van der Waals surface area contributed by atoms with Crippen LogP contribution in [0.25, 0.3) is 0 Å². The molecule has 0 aliphatic carbocycles. The highest BCUT2D eigenvalue weighted by atomic mass is 16.5. The number of likely N-dealkylation sites (N-methyl/N-ethyl adjacent to an activating group) is 1. The molecule has 6 heteroatoms. The average Bonchev–Trinajstić information content (AvgIpc) is 2.50. The van der Waals surface area contributed by atoms with E-state index in [4.69, 9.17) is 10.5 Å². The Bertz CT molecular complexity index is 460. The minimum atomic E-state index is -0.246. The van der Waals surface area contributed by atoms with Gasteiger partial charge < -0.3 is 20.7 Å². The Morgan fingerprint density at radius 2 is 1.95 bits per heavy atom. The maximum Gasteiger partial charge on any atom is 0.260 e. The molecule has 0 radical (unpaired) electrons. The van der Waals surface area contributed by atoms with Crippen LogP contribution in [0.4, 0.5) is 0 Å².